The topological polar surface area (TPSA) is 41.5 Å². The van der Waals surface area contributed by atoms with Crippen molar-refractivity contribution in [3.05, 3.63) is 59.4 Å². The van der Waals surface area contributed by atoms with Crippen molar-refractivity contribution >= 4 is 0 Å². The molecule has 21 heavy (non-hydrogen) atoms. The molecule has 0 aliphatic rings. The van der Waals surface area contributed by atoms with Crippen LogP contribution in [0.1, 0.15) is 37.1 Å². The predicted molar refractivity (Wildman–Crippen MR) is 81.0 cm³/mol. The molecule has 0 aromatic heterocycles. The second-order valence-corrected chi connectivity index (χ2v) is 5.09. The lowest BCUT2D eigenvalue weighted by Crippen LogP contribution is -2.23. The summed E-state index contributed by atoms with van der Waals surface area (Å²) in [5.74, 6) is 0.340. The van der Waals surface area contributed by atoms with Crippen LogP contribution in [0.5, 0.6) is 11.5 Å². The molecule has 0 aliphatic carbocycles. The van der Waals surface area contributed by atoms with Crippen LogP contribution in [0.15, 0.2) is 42.5 Å². The van der Waals surface area contributed by atoms with Gasteiger partial charge in [-0.05, 0) is 37.6 Å². The van der Waals surface area contributed by atoms with Crippen LogP contribution in [-0.4, -0.2) is 12.2 Å². The molecule has 0 saturated carbocycles. The minimum absolute atomic E-state index is 0.0633. The molecule has 2 aromatic rings. The van der Waals surface area contributed by atoms with E-state index >= 15 is 0 Å². The van der Waals surface area contributed by atoms with Crippen LogP contribution in [0.25, 0.3) is 0 Å². The molecule has 0 amide bonds. The molecule has 2 atom stereocenters. The van der Waals surface area contributed by atoms with E-state index in [1.807, 2.05) is 38.1 Å². The van der Waals surface area contributed by atoms with Crippen molar-refractivity contribution in [2.24, 2.45) is 0 Å². The second-order valence-electron chi connectivity index (χ2n) is 5.09. The molecule has 112 valence electrons. The van der Waals surface area contributed by atoms with Crippen molar-refractivity contribution in [3.63, 3.8) is 0 Å². The molecule has 0 bridgehead atoms. The van der Waals surface area contributed by atoms with E-state index in [4.69, 9.17) is 4.74 Å². The molecule has 3 nitrogen and oxygen atoms in total. The van der Waals surface area contributed by atoms with Crippen molar-refractivity contribution in [2.45, 2.75) is 25.9 Å². The van der Waals surface area contributed by atoms with E-state index in [2.05, 4.69) is 5.32 Å². The highest BCUT2D eigenvalue weighted by Crippen LogP contribution is 2.24. The molecule has 2 N–H and O–H groups in total. The Kier molecular flexibility index (Phi) is 4.81. The van der Waals surface area contributed by atoms with Gasteiger partial charge in [-0.3, -0.25) is 0 Å². The Morgan fingerprint density at radius 2 is 1.71 bits per heavy atom. The van der Waals surface area contributed by atoms with Gasteiger partial charge in [-0.15, -0.1) is 0 Å². The number of ether oxygens (including phenoxy) is 1. The van der Waals surface area contributed by atoms with Crippen LogP contribution in [0.2, 0.25) is 0 Å². The first-order valence-electron chi connectivity index (χ1n) is 6.89. The van der Waals surface area contributed by atoms with Gasteiger partial charge < -0.3 is 15.2 Å². The second kappa shape index (κ2) is 6.59. The lowest BCUT2D eigenvalue weighted by Gasteiger charge is -2.21. The summed E-state index contributed by atoms with van der Waals surface area (Å²) in [6.45, 7) is 3.92. The Morgan fingerprint density at radius 1 is 1.05 bits per heavy atom. The third kappa shape index (κ3) is 3.73. The van der Waals surface area contributed by atoms with E-state index in [1.54, 1.807) is 13.2 Å². The van der Waals surface area contributed by atoms with Crippen molar-refractivity contribution < 1.29 is 14.2 Å². The number of hydrogen-bond acceptors (Lipinski definition) is 3. The minimum Gasteiger partial charge on any atom is -0.508 e. The zero-order valence-electron chi connectivity index (χ0n) is 12.4. The number of halogens is 1. The smallest absolute Gasteiger partial charge is 0.131 e. The van der Waals surface area contributed by atoms with Crippen LogP contribution in [0, 0.1) is 5.82 Å². The van der Waals surface area contributed by atoms with E-state index in [0.717, 1.165) is 17.4 Å². The van der Waals surface area contributed by atoms with Crippen LogP contribution in [0.4, 0.5) is 4.39 Å². The molecule has 0 aliphatic heterocycles. The quantitative estimate of drug-likeness (QED) is 0.875. The summed E-state index contributed by atoms with van der Waals surface area (Å²) in [6, 6.07) is 11.9. The lowest BCUT2D eigenvalue weighted by molar-refractivity contribution is 0.414. The number of rotatable bonds is 5. The molecule has 4 heteroatoms. The predicted octanol–water partition coefficient (Wildman–Crippen LogP) is 3.95. The standard InChI is InChI=1S/C17H20FNO2/c1-11(13-4-7-15(21-3)8-5-13)19-12(2)16-9-6-14(20)10-17(16)18/h4-12,19-20H,1-3H3. The zero-order chi connectivity index (χ0) is 15.4. The molecule has 0 spiro atoms. The minimum atomic E-state index is -0.406. The monoisotopic (exact) mass is 289 g/mol. The largest absolute Gasteiger partial charge is 0.508 e. The maximum atomic E-state index is 13.8. The van der Waals surface area contributed by atoms with Gasteiger partial charge in [-0.25, -0.2) is 4.39 Å². The van der Waals surface area contributed by atoms with Gasteiger partial charge in [-0.1, -0.05) is 18.2 Å². The van der Waals surface area contributed by atoms with E-state index in [-0.39, 0.29) is 17.8 Å². The Balaban J connectivity index is 2.08. The highest BCUT2D eigenvalue weighted by atomic mass is 19.1. The first-order chi connectivity index (χ1) is 10.0. The summed E-state index contributed by atoms with van der Waals surface area (Å²) in [5, 5.41) is 12.6. The van der Waals surface area contributed by atoms with E-state index in [1.165, 1.54) is 6.07 Å². The molecule has 0 heterocycles. The SMILES string of the molecule is COc1ccc(C(C)NC(C)c2ccc(O)cc2F)cc1. The maximum Gasteiger partial charge on any atom is 0.131 e. The van der Waals surface area contributed by atoms with Crippen LogP contribution in [-0.2, 0) is 0 Å². The van der Waals surface area contributed by atoms with E-state index in [0.29, 0.717) is 5.56 Å². The normalized spacial score (nSPS) is 13.7. The summed E-state index contributed by atoms with van der Waals surface area (Å²) < 4.78 is 19.0. The third-order valence-corrected chi connectivity index (χ3v) is 3.57. The molecule has 2 rings (SSSR count). The molecule has 0 fully saturated rings. The number of methoxy groups -OCH3 is 1. The van der Waals surface area contributed by atoms with Crippen LogP contribution < -0.4 is 10.1 Å². The average Bonchev–Trinajstić information content (AvgIpc) is 2.47. The molecule has 2 aromatic carbocycles. The maximum absolute atomic E-state index is 13.8. The fourth-order valence-corrected chi connectivity index (χ4v) is 2.32. The highest BCUT2D eigenvalue weighted by molar-refractivity contribution is 5.31. The van der Waals surface area contributed by atoms with Crippen molar-refractivity contribution in [2.75, 3.05) is 7.11 Å². The number of hydrogen-bond donors (Lipinski definition) is 2. The Morgan fingerprint density at radius 3 is 2.29 bits per heavy atom. The summed E-state index contributed by atoms with van der Waals surface area (Å²) in [4.78, 5) is 0. The number of nitrogens with one attached hydrogen (secondary N) is 1. The summed E-state index contributed by atoms with van der Waals surface area (Å²) >= 11 is 0. The molecule has 0 saturated heterocycles. The van der Waals surface area contributed by atoms with Crippen molar-refractivity contribution in [1.29, 1.82) is 0 Å². The van der Waals surface area contributed by atoms with Crippen molar-refractivity contribution in [1.82, 2.24) is 5.32 Å². The van der Waals surface area contributed by atoms with Gasteiger partial charge >= 0.3 is 0 Å². The first kappa shape index (κ1) is 15.3. The van der Waals surface area contributed by atoms with Gasteiger partial charge in [0.2, 0.25) is 0 Å². The third-order valence-electron chi connectivity index (χ3n) is 3.57. The average molecular weight is 289 g/mol. The number of aromatic hydroxyl groups is 1. The summed E-state index contributed by atoms with van der Waals surface area (Å²) in [6.07, 6.45) is 0. The Hall–Kier alpha value is -2.07. The van der Waals surface area contributed by atoms with Crippen LogP contribution in [0.3, 0.4) is 0 Å². The van der Waals surface area contributed by atoms with Gasteiger partial charge in [-0.2, -0.15) is 0 Å². The zero-order valence-corrected chi connectivity index (χ0v) is 12.4. The summed E-state index contributed by atoms with van der Waals surface area (Å²) in [5.41, 5.74) is 1.63. The molecular weight excluding hydrogens is 269 g/mol. The van der Waals surface area contributed by atoms with Gasteiger partial charge in [0.1, 0.15) is 17.3 Å². The molecule has 0 radical (unpaired) electrons. The van der Waals surface area contributed by atoms with E-state index < -0.39 is 5.82 Å². The van der Waals surface area contributed by atoms with E-state index in [9.17, 15) is 9.50 Å². The van der Waals surface area contributed by atoms with Gasteiger partial charge in [0.25, 0.3) is 0 Å². The van der Waals surface area contributed by atoms with Crippen molar-refractivity contribution in [3.8, 4) is 11.5 Å². The number of phenols is 1. The Labute approximate surface area is 124 Å². The lowest BCUT2D eigenvalue weighted by atomic mass is 10.0. The fraction of sp³-hybridized carbons (Fsp3) is 0.294. The fourth-order valence-electron chi connectivity index (χ4n) is 2.32. The number of benzene rings is 2. The first-order valence-corrected chi connectivity index (χ1v) is 6.89. The Bertz CT molecular complexity index is 598. The van der Waals surface area contributed by atoms with Gasteiger partial charge in [0, 0.05) is 23.7 Å². The number of phenolic OH excluding ortho intramolecular Hbond substituents is 1. The van der Waals surface area contributed by atoms with Crippen LogP contribution >= 0.6 is 0 Å². The molecular formula is C17H20FNO2. The van der Waals surface area contributed by atoms with Gasteiger partial charge in [0.05, 0.1) is 7.11 Å². The summed E-state index contributed by atoms with van der Waals surface area (Å²) in [7, 11) is 1.63. The highest BCUT2D eigenvalue weighted by Gasteiger charge is 2.15. The molecule has 2 unspecified atom stereocenters. The van der Waals surface area contributed by atoms with Gasteiger partial charge in [0.15, 0.2) is 0 Å².